The third kappa shape index (κ3) is 5.26. The molecular weight excluding hydrogens is 437 g/mol. The summed E-state index contributed by atoms with van der Waals surface area (Å²) in [7, 11) is -1.17. The summed E-state index contributed by atoms with van der Waals surface area (Å²) in [6, 6.07) is 10.5. The van der Waals surface area contributed by atoms with Gasteiger partial charge in [0.25, 0.3) is 5.91 Å². The minimum atomic E-state index is -1.17. The van der Waals surface area contributed by atoms with Crippen LogP contribution in [0.25, 0.3) is 33.2 Å². The molecule has 1 amide bonds. The van der Waals surface area contributed by atoms with Crippen molar-refractivity contribution in [1.82, 2.24) is 24.8 Å². The second-order valence-electron chi connectivity index (χ2n) is 9.11. The van der Waals surface area contributed by atoms with E-state index in [0.29, 0.717) is 6.73 Å². The number of fused-ring (bicyclic) bond motifs is 3. The van der Waals surface area contributed by atoms with E-state index in [1.807, 2.05) is 24.4 Å². The largest absolute Gasteiger partial charge is 0.361 e. The summed E-state index contributed by atoms with van der Waals surface area (Å²) in [6.45, 7) is 7.49. The lowest BCUT2D eigenvalue weighted by Gasteiger charge is -2.16. The van der Waals surface area contributed by atoms with E-state index in [4.69, 9.17) is 9.72 Å². The number of rotatable bonds is 9. The summed E-state index contributed by atoms with van der Waals surface area (Å²) >= 11 is 0. The predicted molar refractivity (Wildman–Crippen MR) is 131 cm³/mol. The molecule has 0 aliphatic heterocycles. The molecule has 4 aromatic heterocycles. The second-order valence-corrected chi connectivity index (χ2v) is 14.7. The fourth-order valence-electron chi connectivity index (χ4n) is 3.57. The van der Waals surface area contributed by atoms with Crippen molar-refractivity contribution in [2.75, 3.05) is 19.8 Å². The summed E-state index contributed by atoms with van der Waals surface area (Å²) in [4.78, 5) is 25.4. The standard InChI is InChI=1S/C24H28FN5O2Si/c1-33(2,3)13-12-32-16-30-22-8-10-26-15-19(22)18-5-7-20(29-23(18)30)17-4-6-21(28-14-17)24(31)27-11-9-25/h4-8,10,14-15H,9,11-13,16H2,1-3H3,(H,27,31). The van der Waals surface area contributed by atoms with Crippen LogP contribution in [0.2, 0.25) is 25.7 Å². The van der Waals surface area contributed by atoms with Crippen LogP contribution in [0.5, 0.6) is 0 Å². The number of amides is 1. The first-order valence-electron chi connectivity index (χ1n) is 11.0. The number of ether oxygens (including phenoxy) is 1. The van der Waals surface area contributed by atoms with Gasteiger partial charge in [-0.05, 0) is 36.4 Å². The topological polar surface area (TPSA) is 81.9 Å². The van der Waals surface area contributed by atoms with Crippen LogP contribution in [-0.2, 0) is 11.5 Å². The number of carbonyl (C=O) groups is 1. The molecule has 0 bridgehead atoms. The van der Waals surface area contributed by atoms with Gasteiger partial charge in [-0.3, -0.25) is 14.8 Å². The average molecular weight is 466 g/mol. The van der Waals surface area contributed by atoms with Gasteiger partial charge in [-0.2, -0.15) is 0 Å². The van der Waals surface area contributed by atoms with Crippen LogP contribution in [-0.4, -0.2) is 53.3 Å². The third-order valence-electron chi connectivity index (χ3n) is 5.40. The molecule has 0 saturated carbocycles. The number of aromatic nitrogens is 4. The molecule has 4 heterocycles. The molecule has 172 valence electrons. The molecule has 0 aromatic carbocycles. The Labute approximate surface area is 193 Å². The molecule has 9 heteroatoms. The van der Waals surface area contributed by atoms with Crippen molar-refractivity contribution in [2.45, 2.75) is 32.4 Å². The first-order chi connectivity index (χ1) is 15.9. The Hall–Kier alpha value is -3.17. The highest BCUT2D eigenvalue weighted by Crippen LogP contribution is 2.29. The zero-order chi connectivity index (χ0) is 23.4. The highest BCUT2D eigenvalue weighted by Gasteiger charge is 2.16. The Morgan fingerprint density at radius 3 is 2.70 bits per heavy atom. The molecule has 1 N–H and O–H groups in total. The summed E-state index contributed by atoms with van der Waals surface area (Å²) in [6.07, 6.45) is 5.23. The maximum Gasteiger partial charge on any atom is 0.269 e. The molecule has 0 aliphatic carbocycles. The van der Waals surface area contributed by atoms with Gasteiger partial charge in [0.2, 0.25) is 0 Å². The quantitative estimate of drug-likeness (QED) is 0.287. The fourth-order valence-corrected chi connectivity index (χ4v) is 4.32. The van der Waals surface area contributed by atoms with Crippen LogP contribution >= 0.6 is 0 Å². The number of halogens is 1. The van der Waals surface area contributed by atoms with Gasteiger partial charge in [-0.1, -0.05) is 19.6 Å². The maximum absolute atomic E-state index is 12.3. The Balaban J connectivity index is 1.65. The van der Waals surface area contributed by atoms with E-state index >= 15 is 0 Å². The molecule has 33 heavy (non-hydrogen) atoms. The van der Waals surface area contributed by atoms with Gasteiger partial charge in [-0.15, -0.1) is 0 Å². The third-order valence-corrected chi connectivity index (χ3v) is 7.10. The van der Waals surface area contributed by atoms with Gasteiger partial charge in [0, 0.05) is 56.2 Å². The monoisotopic (exact) mass is 465 g/mol. The first kappa shape index (κ1) is 23.0. The lowest BCUT2D eigenvalue weighted by atomic mass is 10.1. The van der Waals surface area contributed by atoms with Crippen LogP contribution in [0.4, 0.5) is 4.39 Å². The van der Waals surface area contributed by atoms with E-state index in [1.165, 1.54) is 0 Å². The summed E-state index contributed by atoms with van der Waals surface area (Å²) < 4.78 is 20.4. The van der Waals surface area contributed by atoms with Crippen LogP contribution in [0.1, 0.15) is 10.5 Å². The van der Waals surface area contributed by atoms with Crippen molar-refractivity contribution in [2.24, 2.45) is 0 Å². The number of carbonyl (C=O) groups excluding carboxylic acids is 1. The summed E-state index contributed by atoms with van der Waals surface area (Å²) in [5, 5.41) is 4.51. The van der Waals surface area contributed by atoms with E-state index in [9.17, 15) is 9.18 Å². The van der Waals surface area contributed by atoms with Crippen LogP contribution in [0.15, 0.2) is 48.9 Å². The molecule has 0 aliphatic rings. The molecule has 0 unspecified atom stereocenters. The molecule has 0 radical (unpaired) electrons. The van der Waals surface area contributed by atoms with Crippen molar-refractivity contribution in [3.8, 4) is 11.3 Å². The Kier molecular flexibility index (Phi) is 6.80. The smallest absolute Gasteiger partial charge is 0.269 e. The van der Waals surface area contributed by atoms with Gasteiger partial charge in [0.15, 0.2) is 0 Å². The van der Waals surface area contributed by atoms with Crippen molar-refractivity contribution in [3.05, 3.63) is 54.6 Å². The number of nitrogens with one attached hydrogen (secondary N) is 1. The maximum atomic E-state index is 12.3. The van der Waals surface area contributed by atoms with E-state index in [0.717, 1.165) is 45.8 Å². The van der Waals surface area contributed by atoms with Gasteiger partial charge in [0.05, 0.1) is 11.2 Å². The van der Waals surface area contributed by atoms with Crippen molar-refractivity contribution in [3.63, 3.8) is 0 Å². The molecule has 4 aromatic rings. The van der Waals surface area contributed by atoms with Gasteiger partial charge >= 0.3 is 0 Å². The molecule has 0 saturated heterocycles. The normalized spacial score (nSPS) is 11.9. The van der Waals surface area contributed by atoms with E-state index < -0.39 is 20.7 Å². The minimum absolute atomic E-state index is 0.0279. The fraction of sp³-hybridized carbons (Fsp3) is 0.333. The second kappa shape index (κ2) is 9.76. The molecule has 0 fully saturated rings. The van der Waals surface area contributed by atoms with Crippen molar-refractivity contribution in [1.29, 1.82) is 0 Å². The Morgan fingerprint density at radius 2 is 1.97 bits per heavy atom. The zero-order valence-electron chi connectivity index (χ0n) is 19.1. The van der Waals surface area contributed by atoms with Crippen LogP contribution in [0, 0.1) is 0 Å². The van der Waals surface area contributed by atoms with Crippen molar-refractivity contribution < 1.29 is 13.9 Å². The summed E-state index contributed by atoms with van der Waals surface area (Å²) in [5.41, 5.74) is 3.60. The van der Waals surface area contributed by atoms with Gasteiger partial charge < -0.3 is 14.6 Å². The van der Waals surface area contributed by atoms with Crippen LogP contribution < -0.4 is 5.32 Å². The Morgan fingerprint density at radius 1 is 1.12 bits per heavy atom. The number of alkyl halides is 1. The highest BCUT2D eigenvalue weighted by molar-refractivity contribution is 6.76. The van der Waals surface area contributed by atoms with E-state index in [2.05, 4.69) is 39.5 Å². The molecular formula is C24H28FN5O2Si. The van der Waals surface area contributed by atoms with Gasteiger partial charge in [-0.25, -0.2) is 9.37 Å². The molecule has 7 nitrogen and oxygen atoms in total. The lowest BCUT2D eigenvalue weighted by Crippen LogP contribution is -2.26. The van der Waals surface area contributed by atoms with Gasteiger partial charge in [0.1, 0.15) is 24.7 Å². The Bertz CT molecular complexity index is 1270. The highest BCUT2D eigenvalue weighted by atomic mass is 28.3. The number of hydrogen-bond acceptors (Lipinski definition) is 5. The number of nitrogens with zero attached hydrogens (tertiary/aromatic N) is 4. The first-order valence-corrected chi connectivity index (χ1v) is 14.7. The van der Waals surface area contributed by atoms with E-state index in [1.54, 1.807) is 24.5 Å². The van der Waals surface area contributed by atoms with Crippen LogP contribution in [0.3, 0.4) is 0 Å². The average Bonchev–Trinajstić information content (AvgIpc) is 3.13. The summed E-state index contributed by atoms with van der Waals surface area (Å²) in [5.74, 6) is -0.397. The van der Waals surface area contributed by atoms with E-state index in [-0.39, 0.29) is 12.2 Å². The zero-order valence-corrected chi connectivity index (χ0v) is 20.1. The minimum Gasteiger partial charge on any atom is -0.361 e. The molecule has 0 spiro atoms. The SMILES string of the molecule is C[Si](C)(C)CCOCn1c2ccncc2c2ccc(-c3ccc(C(=O)NCCF)nc3)nc21. The number of pyridine rings is 3. The lowest BCUT2D eigenvalue weighted by molar-refractivity contribution is 0.0925. The van der Waals surface area contributed by atoms with Crippen molar-refractivity contribution >= 4 is 35.9 Å². The number of hydrogen-bond donors (Lipinski definition) is 1. The predicted octanol–water partition coefficient (Wildman–Crippen LogP) is 4.66. The molecule has 4 rings (SSSR count). The molecule has 0 atom stereocenters.